The van der Waals surface area contributed by atoms with Crippen LogP contribution in [0.2, 0.25) is 0 Å². The van der Waals surface area contributed by atoms with E-state index in [1.165, 1.54) is 353 Å². The van der Waals surface area contributed by atoms with Crippen LogP contribution in [0.1, 0.15) is 418 Å². The highest BCUT2D eigenvalue weighted by atomic mass is 16.5. The quantitative estimate of drug-likeness (QED) is 0.0320. The maximum absolute atomic E-state index is 12.5. The summed E-state index contributed by atoms with van der Waals surface area (Å²) in [7, 11) is 0. The minimum Gasteiger partial charge on any atom is -0.466 e. The zero-order valence-corrected chi connectivity index (χ0v) is 55.0. The Labute approximate surface area is 507 Å². The summed E-state index contributed by atoms with van der Waals surface area (Å²) in [6.07, 6.45) is 89.9. The summed E-state index contributed by atoms with van der Waals surface area (Å²) in [6, 6.07) is -0.627. The Balaban J connectivity index is 3.37. The van der Waals surface area contributed by atoms with Crippen LogP contribution in [-0.4, -0.2) is 47.4 Å². The van der Waals surface area contributed by atoms with Crippen molar-refractivity contribution in [3.63, 3.8) is 0 Å². The predicted octanol–water partition coefficient (Wildman–Crippen LogP) is 24.1. The number of allylic oxidation sites excluding steroid dienone is 3. The van der Waals surface area contributed by atoms with Crippen LogP contribution in [0.4, 0.5) is 0 Å². The van der Waals surface area contributed by atoms with Crippen LogP contribution in [0.3, 0.4) is 0 Å². The normalized spacial score (nSPS) is 12.6. The first-order valence-electron chi connectivity index (χ1n) is 37.1. The van der Waals surface area contributed by atoms with Crippen LogP contribution < -0.4 is 5.32 Å². The molecule has 0 aliphatic heterocycles. The molecule has 0 spiro atoms. The molecule has 0 fully saturated rings. The van der Waals surface area contributed by atoms with E-state index in [0.717, 1.165) is 38.5 Å². The van der Waals surface area contributed by atoms with Crippen molar-refractivity contribution in [2.24, 2.45) is 0 Å². The van der Waals surface area contributed by atoms with Gasteiger partial charge in [-0.15, -0.1) is 0 Å². The zero-order valence-electron chi connectivity index (χ0n) is 55.0. The number of ether oxygens (including phenoxy) is 1. The standard InChI is InChI=1S/C75H145NO5/c1-3-5-7-9-11-13-15-17-19-20-34-37-40-43-47-51-55-59-63-67-73(78)72(71-77)76-74(79)68-64-60-56-52-48-44-41-38-35-32-30-28-26-24-22-21-23-25-27-29-31-33-36-39-42-46-50-54-58-62-66-70-81-75(80)69-65-61-57-53-49-45-18-16-14-12-10-8-6-4-2/h23,25,63,67,72-73,77-78H,3-22,24,26-62,64-66,68-71H2,1-2H3,(H,76,79)/b25-23-,67-63+. The third-order valence-corrected chi connectivity index (χ3v) is 17.5. The van der Waals surface area contributed by atoms with Gasteiger partial charge in [-0.3, -0.25) is 9.59 Å². The number of hydrogen-bond acceptors (Lipinski definition) is 5. The number of aliphatic hydroxyl groups is 2. The lowest BCUT2D eigenvalue weighted by molar-refractivity contribution is -0.143. The van der Waals surface area contributed by atoms with Crippen molar-refractivity contribution < 1.29 is 24.5 Å². The lowest BCUT2D eigenvalue weighted by Gasteiger charge is -2.20. The minimum atomic E-state index is -0.843. The van der Waals surface area contributed by atoms with Gasteiger partial charge in [-0.05, 0) is 57.8 Å². The Morgan fingerprint density at radius 2 is 0.580 bits per heavy atom. The molecule has 3 N–H and O–H groups in total. The number of nitrogens with one attached hydrogen (secondary N) is 1. The summed E-state index contributed by atoms with van der Waals surface area (Å²) < 4.78 is 5.50. The fraction of sp³-hybridized carbons (Fsp3) is 0.920. The van der Waals surface area contributed by atoms with E-state index in [1.54, 1.807) is 6.08 Å². The fourth-order valence-electron chi connectivity index (χ4n) is 11.8. The van der Waals surface area contributed by atoms with Gasteiger partial charge in [0.15, 0.2) is 0 Å². The topological polar surface area (TPSA) is 95.9 Å². The number of amides is 1. The van der Waals surface area contributed by atoms with Gasteiger partial charge in [-0.2, -0.15) is 0 Å². The average Bonchev–Trinajstić information content (AvgIpc) is 3.47. The number of rotatable bonds is 70. The second-order valence-corrected chi connectivity index (χ2v) is 25.6. The molecule has 0 aromatic heterocycles. The van der Waals surface area contributed by atoms with Crippen molar-refractivity contribution in [1.29, 1.82) is 0 Å². The van der Waals surface area contributed by atoms with E-state index < -0.39 is 12.1 Å². The van der Waals surface area contributed by atoms with Crippen molar-refractivity contribution >= 4 is 11.9 Å². The monoisotopic (exact) mass is 1140 g/mol. The van der Waals surface area contributed by atoms with Crippen molar-refractivity contribution in [3.05, 3.63) is 24.3 Å². The zero-order chi connectivity index (χ0) is 58.5. The van der Waals surface area contributed by atoms with Crippen molar-refractivity contribution in [1.82, 2.24) is 5.32 Å². The van der Waals surface area contributed by atoms with Crippen molar-refractivity contribution in [3.8, 4) is 0 Å². The molecule has 0 aromatic carbocycles. The Hall–Kier alpha value is -1.66. The molecular formula is C75H145NO5. The van der Waals surface area contributed by atoms with Gasteiger partial charge in [0.05, 0.1) is 25.4 Å². The van der Waals surface area contributed by atoms with Crippen LogP contribution in [0.25, 0.3) is 0 Å². The van der Waals surface area contributed by atoms with E-state index >= 15 is 0 Å². The smallest absolute Gasteiger partial charge is 0.305 e. The van der Waals surface area contributed by atoms with Crippen molar-refractivity contribution in [2.45, 2.75) is 431 Å². The van der Waals surface area contributed by atoms with Gasteiger partial charge in [-0.25, -0.2) is 0 Å². The number of unbranched alkanes of at least 4 members (excludes halogenated alkanes) is 57. The molecule has 1 amide bonds. The molecule has 0 saturated carbocycles. The summed E-state index contributed by atoms with van der Waals surface area (Å²) >= 11 is 0. The molecule has 0 radical (unpaired) electrons. The summed E-state index contributed by atoms with van der Waals surface area (Å²) in [5.41, 5.74) is 0. The van der Waals surface area contributed by atoms with Crippen LogP contribution in [0, 0.1) is 0 Å². The summed E-state index contributed by atoms with van der Waals surface area (Å²) in [4.78, 5) is 24.6. The van der Waals surface area contributed by atoms with E-state index in [1.807, 2.05) is 6.08 Å². The van der Waals surface area contributed by atoms with Gasteiger partial charge in [0.2, 0.25) is 5.91 Å². The van der Waals surface area contributed by atoms with Gasteiger partial charge in [0, 0.05) is 12.8 Å². The summed E-state index contributed by atoms with van der Waals surface area (Å²) in [5, 5.41) is 23.2. The molecule has 6 heteroatoms. The Kier molecular flexibility index (Phi) is 69.4. The fourth-order valence-corrected chi connectivity index (χ4v) is 11.8. The largest absolute Gasteiger partial charge is 0.466 e. The van der Waals surface area contributed by atoms with Gasteiger partial charge >= 0.3 is 5.97 Å². The molecule has 0 heterocycles. The number of carbonyl (C=O) groups excluding carboxylic acids is 2. The number of aliphatic hydroxyl groups excluding tert-OH is 2. The second kappa shape index (κ2) is 70.8. The highest BCUT2D eigenvalue weighted by molar-refractivity contribution is 5.76. The lowest BCUT2D eigenvalue weighted by atomic mass is 10.0. The first-order valence-corrected chi connectivity index (χ1v) is 37.1. The summed E-state index contributed by atoms with van der Waals surface area (Å²) in [6.45, 7) is 4.95. The Morgan fingerprint density at radius 3 is 0.877 bits per heavy atom. The summed E-state index contributed by atoms with van der Waals surface area (Å²) in [5.74, 6) is -0.0414. The molecule has 0 saturated heterocycles. The molecule has 0 aliphatic carbocycles. The average molecular weight is 1140 g/mol. The van der Waals surface area contributed by atoms with Crippen LogP contribution in [0.5, 0.6) is 0 Å². The number of carbonyl (C=O) groups is 2. The molecule has 0 aliphatic rings. The van der Waals surface area contributed by atoms with Crippen LogP contribution in [-0.2, 0) is 14.3 Å². The van der Waals surface area contributed by atoms with E-state index in [4.69, 9.17) is 4.74 Å². The van der Waals surface area contributed by atoms with E-state index in [2.05, 4.69) is 31.3 Å². The molecule has 0 rings (SSSR count). The lowest BCUT2D eigenvalue weighted by Crippen LogP contribution is -2.45. The first-order chi connectivity index (χ1) is 40.0. The van der Waals surface area contributed by atoms with Crippen molar-refractivity contribution in [2.75, 3.05) is 13.2 Å². The minimum absolute atomic E-state index is 0.0204. The van der Waals surface area contributed by atoms with Crippen LogP contribution in [0.15, 0.2) is 24.3 Å². The third-order valence-electron chi connectivity index (χ3n) is 17.5. The third kappa shape index (κ3) is 67.3. The van der Waals surface area contributed by atoms with Gasteiger partial charge in [0.25, 0.3) is 0 Å². The first kappa shape index (κ1) is 79.3. The number of hydrogen-bond donors (Lipinski definition) is 3. The highest BCUT2D eigenvalue weighted by Gasteiger charge is 2.18. The maximum Gasteiger partial charge on any atom is 0.305 e. The van der Waals surface area contributed by atoms with E-state index in [0.29, 0.717) is 19.4 Å². The van der Waals surface area contributed by atoms with Gasteiger partial charge < -0.3 is 20.3 Å². The Morgan fingerprint density at radius 1 is 0.333 bits per heavy atom. The molecule has 81 heavy (non-hydrogen) atoms. The molecule has 0 bridgehead atoms. The highest BCUT2D eigenvalue weighted by Crippen LogP contribution is 2.19. The molecule has 2 atom stereocenters. The molecule has 2 unspecified atom stereocenters. The molecule has 6 nitrogen and oxygen atoms in total. The predicted molar refractivity (Wildman–Crippen MR) is 356 cm³/mol. The number of esters is 1. The van der Waals surface area contributed by atoms with E-state index in [9.17, 15) is 19.8 Å². The maximum atomic E-state index is 12.5. The van der Waals surface area contributed by atoms with Crippen LogP contribution >= 0.6 is 0 Å². The molecule has 480 valence electrons. The Bertz CT molecular complexity index is 1270. The van der Waals surface area contributed by atoms with E-state index in [-0.39, 0.29) is 18.5 Å². The van der Waals surface area contributed by atoms with Gasteiger partial charge in [-0.1, -0.05) is 372 Å². The second-order valence-electron chi connectivity index (χ2n) is 25.6. The molecular weight excluding hydrogens is 995 g/mol. The molecule has 0 aromatic rings. The SMILES string of the molecule is CCCCCCCCCCCCCCCCCCC/C=C/C(O)C(CO)NC(=O)CCCCCCCCCCCCCCCCC/C=C\CCCCCCCCCCCCCCOC(=O)CCCCCCCCCCCCCCCC. The van der Waals surface area contributed by atoms with Gasteiger partial charge in [0.1, 0.15) is 0 Å².